The highest BCUT2D eigenvalue weighted by Crippen LogP contribution is 2.31. The Balaban J connectivity index is 2.12. The molecule has 2 rings (SSSR count). The molecule has 0 atom stereocenters. The van der Waals surface area contributed by atoms with E-state index in [1.165, 1.54) is 5.56 Å². The lowest BCUT2D eigenvalue weighted by atomic mass is 10.2. The number of benzene rings is 1. The summed E-state index contributed by atoms with van der Waals surface area (Å²) < 4.78 is 0. The van der Waals surface area contributed by atoms with Crippen LogP contribution in [-0.2, 0) is 6.54 Å². The quantitative estimate of drug-likeness (QED) is 0.773. The van der Waals surface area contributed by atoms with Crippen molar-refractivity contribution in [1.82, 2.24) is 10.3 Å². The molecule has 0 aliphatic carbocycles. The van der Waals surface area contributed by atoms with Gasteiger partial charge in [-0.15, -0.1) is 0 Å². The number of rotatable bonds is 6. The van der Waals surface area contributed by atoms with Crippen LogP contribution in [0.1, 0.15) is 19.4 Å². The van der Waals surface area contributed by atoms with Gasteiger partial charge in [-0.05, 0) is 48.4 Å². The molecule has 1 aromatic heterocycles. The zero-order chi connectivity index (χ0) is 15.2. The molecule has 0 amide bonds. The second-order valence-corrected chi connectivity index (χ2v) is 7.13. The monoisotopic (exact) mass is 340 g/mol. The van der Waals surface area contributed by atoms with E-state index in [1.54, 1.807) is 18.0 Å². The molecule has 2 aromatic rings. The molecule has 0 saturated carbocycles. The molecule has 1 aromatic carbocycles. The van der Waals surface area contributed by atoms with Crippen molar-refractivity contribution in [3.63, 3.8) is 0 Å². The number of aromatic nitrogens is 1. The van der Waals surface area contributed by atoms with Crippen molar-refractivity contribution >= 4 is 35.0 Å². The summed E-state index contributed by atoms with van der Waals surface area (Å²) in [5.41, 5.74) is 1.19. The standard InChI is InChI=1S/C16H18Cl2N2S/c1-11(2)8-19-9-12-7-13(17)3-5-15(12)21-16-6-4-14(18)10-20-16/h3-7,10-11,19H,8-9H2,1-2H3. The van der Waals surface area contributed by atoms with Crippen LogP contribution in [0.5, 0.6) is 0 Å². The first kappa shape index (κ1) is 16.6. The Morgan fingerprint density at radius 3 is 2.57 bits per heavy atom. The van der Waals surface area contributed by atoms with Gasteiger partial charge in [0.15, 0.2) is 0 Å². The predicted molar refractivity (Wildman–Crippen MR) is 91.4 cm³/mol. The molecule has 0 aliphatic rings. The van der Waals surface area contributed by atoms with E-state index in [9.17, 15) is 0 Å². The van der Waals surface area contributed by atoms with Crippen molar-refractivity contribution in [3.8, 4) is 0 Å². The van der Waals surface area contributed by atoms with Crippen molar-refractivity contribution < 1.29 is 0 Å². The van der Waals surface area contributed by atoms with Gasteiger partial charge in [-0.1, -0.05) is 48.8 Å². The SMILES string of the molecule is CC(C)CNCc1cc(Cl)ccc1Sc1ccc(Cl)cn1. The fraction of sp³-hybridized carbons (Fsp3) is 0.312. The summed E-state index contributed by atoms with van der Waals surface area (Å²) in [6.45, 7) is 6.17. The third kappa shape index (κ3) is 5.51. The largest absolute Gasteiger partial charge is 0.312 e. The van der Waals surface area contributed by atoms with Crippen LogP contribution < -0.4 is 5.32 Å². The fourth-order valence-corrected chi connectivity index (χ4v) is 2.99. The predicted octanol–water partition coefficient (Wildman–Crippen LogP) is 5.29. The van der Waals surface area contributed by atoms with Gasteiger partial charge in [0, 0.05) is 22.7 Å². The molecule has 5 heteroatoms. The molecule has 112 valence electrons. The van der Waals surface area contributed by atoms with Crippen LogP contribution >= 0.6 is 35.0 Å². The summed E-state index contributed by atoms with van der Waals surface area (Å²) in [7, 11) is 0. The van der Waals surface area contributed by atoms with Crippen molar-refractivity contribution in [1.29, 1.82) is 0 Å². The first-order valence-corrected chi connectivity index (χ1v) is 8.40. The number of nitrogens with zero attached hydrogens (tertiary/aromatic N) is 1. The minimum absolute atomic E-state index is 0.623. The third-order valence-corrected chi connectivity index (χ3v) is 4.33. The number of pyridine rings is 1. The lowest BCUT2D eigenvalue weighted by molar-refractivity contribution is 0.550. The number of hydrogen-bond donors (Lipinski definition) is 1. The van der Waals surface area contributed by atoms with Crippen molar-refractivity contribution in [3.05, 3.63) is 52.1 Å². The highest BCUT2D eigenvalue weighted by Gasteiger charge is 2.07. The van der Waals surface area contributed by atoms with Crippen LogP contribution in [0.15, 0.2) is 46.5 Å². The van der Waals surface area contributed by atoms with E-state index >= 15 is 0 Å². The van der Waals surface area contributed by atoms with Crippen molar-refractivity contribution in [2.75, 3.05) is 6.54 Å². The molecular formula is C16H18Cl2N2S. The van der Waals surface area contributed by atoms with E-state index in [1.807, 2.05) is 30.3 Å². The maximum absolute atomic E-state index is 6.11. The van der Waals surface area contributed by atoms with Crippen LogP contribution in [0.2, 0.25) is 10.0 Å². The first-order valence-electron chi connectivity index (χ1n) is 6.83. The Bertz CT molecular complexity index is 585. The normalized spacial score (nSPS) is 11.1. The topological polar surface area (TPSA) is 24.9 Å². The molecule has 0 aliphatic heterocycles. The smallest absolute Gasteiger partial charge is 0.101 e. The minimum Gasteiger partial charge on any atom is -0.312 e. The van der Waals surface area contributed by atoms with Gasteiger partial charge in [0.05, 0.1) is 5.02 Å². The van der Waals surface area contributed by atoms with E-state index in [2.05, 4.69) is 24.1 Å². The van der Waals surface area contributed by atoms with Gasteiger partial charge in [0.25, 0.3) is 0 Å². The van der Waals surface area contributed by atoms with Gasteiger partial charge in [-0.25, -0.2) is 4.98 Å². The Morgan fingerprint density at radius 1 is 1.14 bits per heavy atom. The average molecular weight is 341 g/mol. The van der Waals surface area contributed by atoms with Gasteiger partial charge < -0.3 is 5.32 Å². The van der Waals surface area contributed by atoms with Crippen LogP contribution in [0.4, 0.5) is 0 Å². The van der Waals surface area contributed by atoms with Crippen molar-refractivity contribution in [2.45, 2.75) is 30.3 Å². The molecule has 0 radical (unpaired) electrons. The molecule has 0 bridgehead atoms. The lowest BCUT2D eigenvalue weighted by Gasteiger charge is -2.12. The first-order chi connectivity index (χ1) is 10.0. The maximum atomic E-state index is 6.11. The fourth-order valence-electron chi connectivity index (χ4n) is 1.82. The minimum atomic E-state index is 0.623. The highest BCUT2D eigenvalue weighted by molar-refractivity contribution is 7.99. The van der Waals surface area contributed by atoms with Crippen LogP contribution in [0.25, 0.3) is 0 Å². The van der Waals surface area contributed by atoms with Crippen molar-refractivity contribution in [2.24, 2.45) is 5.92 Å². The van der Waals surface area contributed by atoms with Crippen LogP contribution in [0, 0.1) is 5.92 Å². The molecule has 1 heterocycles. The van der Waals surface area contributed by atoms with E-state index in [0.29, 0.717) is 10.9 Å². The third-order valence-electron chi connectivity index (χ3n) is 2.81. The lowest BCUT2D eigenvalue weighted by Crippen LogP contribution is -2.19. The van der Waals surface area contributed by atoms with Gasteiger partial charge in [0.2, 0.25) is 0 Å². The molecule has 2 nitrogen and oxygen atoms in total. The number of nitrogens with one attached hydrogen (secondary N) is 1. The Hall–Kier alpha value is -0.740. The average Bonchev–Trinajstić information content (AvgIpc) is 2.43. The van der Waals surface area contributed by atoms with E-state index in [0.717, 1.165) is 28.0 Å². The van der Waals surface area contributed by atoms with Gasteiger partial charge >= 0.3 is 0 Å². The summed E-state index contributed by atoms with van der Waals surface area (Å²) in [5, 5.41) is 5.78. The molecule has 0 fully saturated rings. The van der Waals surface area contributed by atoms with Gasteiger partial charge in [-0.3, -0.25) is 0 Å². The summed E-state index contributed by atoms with van der Waals surface area (Å²) in [6.07, 6.45) is 1.66. The second-order valence-electron chi connectivity index (χ2n) is 5.19. The summed E-state index contributed by atoms with van der Waals surface area (Å²) in [5.74, 6) is 0.623. The Kier molecular flexibility index (Phi) is 6.37. The van der Waals surface area contributed by atoms with E-state index in [4.69, 9.17) is 23.2 Å². The summed E-state index contributed by atoms with van der Waals surface area (Å²) in [4.78, 5) is 5.48. The van der Waals surface area contributed by atoms with E-state index in [-0.39, 0.29) is 0 Å². The Labute approximate surface area is 140 Å². The number of halogens is 2. The maximum Gasteiger partial charge on any atom is 0.101 e. The summed E-state index contributed by atoms with van der Waals surface area (Å²) >= 11 is 13.6. The van der Waals surface area contributed by atoms with Crippen LogP contribution in [-0.4, -0.2) is 11.5 Å². The molecule has 0 unspecified atom stereocenters. The second kappa shape index (κ2) is 8.04. The molecule has 0 spiro atoms. The van der Waals surface area contributed by atoms with Gasteiger partial charge in [0.1, 0.15) is 5.03 Å². The molecule has 21 heavy (non-hydrogen) atoms. The Morgan fingerprint density at radius 2 is 1.90 bits per heavy atom. The number of hydrogen-bond acceptors (Lipinski definition) is 3. The molecular weight excluding hydrogens is 323 g/mol. The van der Waals surface area contributed by atoms with Crippen LogP contribution in [0.3, 0.4) is 0 Å². The van der Waals surface area contributed by atoms with E-state index < -0.39 is 0 Å². The molecule has 0 saturated heterocycles. The zero-order valence-electron chi connectivity index (χ0n) is 12.1. The highest BCUT2D eigenvalue weighted by atomic mass is 35.5. The zero-order valence-corrected chi connectivity index (χ0v) is 14.4. The summed E-state index contributed by atoms with van der Waals surface area (Å²) in [6, 6.07) is 9.73. The van der Waals surface area contributed by atoms with Gasteiger partial charge in [-0.2, -0.15) is 0 Å². The molecule has 1 N–H and O–H groups in total.